The van der Waals surface area contributed by atoms with Gasteiger partial charge >= 0.3 is 0 Å². The fourth-order valence-corrected chi connectivity index (χ4v) is 16.7. The summed E-state index contributed by atoms with van der Waals surface area (Å²) in [6.07, 6.45) is 0. The van der Waals surface area contributed by atoms with Crippen LogP contribution in [-0.2, 0) is 58.9 Å². The van der Waals surface area contributed by atoms with Gasteiger partial charge in [0.1, 0.15) is 18.1 Å². The second-order valence-corrected chi connectivity index (χ2v) is 40.0. The minimum Gasteiger partial charge on any atom is -0.464 e. The van der Waals surface area contributed by atoms with E-state index >= 15 is 0 Å². The summed E-state index contributed by atoms with van der Waals surface area (Å²) in [5.74, 6) is 4.41. The van der Waals surface area contributed by atoms with Crippen molar-refractivity contribution in [1.82, 2.24) is 44.9 Å². The third kappa shape index (κ3) is 54.8. The molecule has 0 fully saturated rings. The molecule has 0 aliphatic rings. The average molecular weight is 2050 g/mol. The topological polar surface area (TPSA) is 797 Å². The summed E-state index contributed by atoms with van der Waals surface area (Å²) in [7, 11) is 20.6. The maximum Gasteiger partial charge on any atom is 0.223 e. The van der Waals surface area contributed by atoms with E-state index in [2.05, 4.69) is 183 Å². The molecule has 0 saturated carbocycles. The molecular weight excluding hydrogens is 1910 g/mol. The lowest BCUT2D eigenvalue weighted by molar-refractivity contribution is 0.444. The first-order valence-electron chi connectivity index (χ1n) is 41.2. The van der Waals surface area contributed by atoms with Gasteiger partial charge in [0.25, 0.3) is 0 Å². The van der Waals surface area contributed by atoms with Gasteiger partial charge in [-0.25, -0.2) is 20.0 Å². The number of aryl methyl sites for hydroxylation is 9. The Hall–Kier alpha value is -14.5. The highest BCUT2D eigenvalue weighted by atomic mass is 32.1. The molecule has 46 nitrogen and oxygen atoms in total. The molecule has 0 bridgehead atoms. The zero-order valence-corrected chi connectivity index (χ0v) is 88.7. The van der Waals surface area contributed by atoms with E-state index in [9.17, 15) is 0 Å². The van der Waals surface area contributed by atoms with Gasteiger partial charge in [-0.05, 0) is 172 Å². The maximum absolute atomic E-state index is 7.82. The lowest BCUT2D eigenvalue weighted by atomic mass is 10.4. The van der Waals surface area contributed by atoms with Crippen molar-refractivity contribution >= 4 is 198 Å². The largest absolute Gasteiger partial charge is 0.464 e. The van der Waals surface area contributed by atoms with Gasteiger partial charge in [0.15, 0.2) is 71.5 Å². The van der Waals surface area contributed by atoms with Crippen molar-refractivity contribution in [3.63, 3.8) is 0 Å². The number of nitrogens with two attached hydrogens (primary N) is 18. The maximum atomic E-state index is 7.82. The molecule has 54 heteroatoms. The number of nitrogens with one attached hydrogen (secondary N) is 6. The summed E-state index contributed by atoms with van der Waals surface area (Å²) in [6, 6.07) is 36.6. The molecule has 138 heavy (non-hydrogen) atoms. The zero-order chi connectivity index (χ0) is 105. The van der Waals surface area contributed by atoms with Crippen LogP contribution in [0.25, 0.3) is 0 Å². The normalized spacial score (nSPS) is 11.5. The minimum atomic E-state index is -0.126. The molecule has 0 saturated heterocycles. The van der Waals surface area contributed by atoms with Gasteiger partial charge in [0.05, 0.1) is 52.4 Å². The first kappa shape index (κ1) is 122. The molecule has 0 unspecified atom stereocenters. The van der Waals surface area contributed by atoms with E-state index in [0.717, 1.165) is 34.4 Å². The van der Waals surface area contributed by atoms with Gasteiger partial charge in [0.2, 0.25) is 35.8 Å². The Kier molecular flexibility index (Phi) is 57.5. The third-order valence-corrected chi connectivity index (χ3v) is 24.5. The number of guanidine groups is 18. The van der Waals surface area contributed by atoms with Crippen molar-refractivity contribution in [1.29, 1.82) is 21.6 Å². The summed E-state index contributed by atoms with van der Waals surface area (Å²) in [5, 5.41) is 35.5. The lowest BCUT2D eigenvalue weighted by Gasteiger charge is -2.26. The molecule has 9 aromatic rings. The minimum absolute atomic E-state index is 0.00506. The lowest BCUT2D eigenvalue weighted by Crippen LogP contribution is -2.45. The fourth-order valence-electron chi connectivity index (χ4n) is 9.60. The van der Waals surface area contributed by atoms with Crippen molar-refractivity contribution < 1.29 is 4.42 Å². The molecule has 9 aromatic heterocycles. The summed E-state index contributed by atoms with van der Waals surface area (Å²) < 4.78 is 5.33. The van der Waals surface area contributed by atoms with Gasteiger partial charge in [0, 0.05) is 163 Å². The van der Waals surface area contributed by atoms with Gasteiger partial charge in [-0.3, -0.25) is 56.7 Å². The Morgan fingerprint density at radius 1 is 0.319 bits per heavy atom. The van der Waals surface area contributed by atoms with Crippen LogP contribution < -0.4 is 114 Å². The Balaban J connectivity index is 0.000000776. The molecule has 0 aliphatic carbocycles. The van der Waals surface area contributed by atoms with E-state index in [1.807, 2.05) is 100 Å². The molecule has 756 valence electrons. The molecular formula is C84H141N45OS8. The number of hydrogen-bond acceptors (Lipinski definition) is 21. The first-order chi connectivity index (χ1) is 64.7. The number of rotatable bonds is 18. The summed E-state index contributed by atoms with van der Waals surface area (Å²) in [4.78, 5) is 85.8. The quantitative estimate of drug-likeness (QED) is 0.0379. The van der Waals surface area contributed by atoms with Crippen LogP contribution in [0.3, 0.4) is 0 Å². The molecule has 42 N–H and O–H groups in total. The van der Waals surface area contributed by atoms with E-state index in [1.165, 1.54) is 78.1 Å². The Bertz CT molecular complexity index is 5650. The van der Waals surface area contributed by atoms with Crippen molar-refractivity contribution in [2.75, 3.05) is 84.6 Å². The van der Waals surface area contributed by atoms with Gasteiger partial charge in [-0.2, -0.15) is 30.0 Å². The third-order valence-electron chi connectivity index (χ3n) is 16.6. The molecule has 0 radical (unpaired) electrons. The van der Waals surface area contributed by atoms with Crippen molar-refractivity contribution in [2.24, 2.45) is 173 Å². The number of hydrogen-bond donors (Lipinski definition) is 24. The van der Waals surface area contributed by atoms with Crippen LogP contribution in [0, 0.1) is 84.0 Å². The van der Waals surface area contributed by atoms with E-state index in [0.29, 0.717) is 69.7 Å². The summed E-state index contributed by atoms with van der Waals surface area (Å²) in [5.41, 5.74) is 96.9. The van der Waals surface area contributed by atoms with Gasteiger partial charge < -0.3 is 137 Å². The molecule has 0 aliphatic heterocycles. The van der Waals surface area contributed by atoms with E-state index in [1.54, 1.807) is 169 Å². The number of thiophene rings is 8. The second kappa shape index (κ2) is 65.3. The molecule has 9 heterocycles. The molecule has 0 amide bonds. The highest BCUT2D eigenvalue weighted by Crippen LogP contribution is 2.23. The van der Waals surface area contributed by atoms with Gasteiger partial charge in [-0.1, -0.05) is 0 Å². The highest BCUT2D eigenvalue weighted by molar-refractivity contribution is 7.14. The first-order valence-corrected chi connectivity index (χ1v) is 47.8. The standard InChI is InChI=1S/C10H17N5O.3C10H17N5S.4C9H15N5S.C8H13N5S/c1-7-4-5-8(16-7)6-13-9(11)14-10(12)15(2)3;1-7-4-5-8(16-7)6-15(3)10(12)14-9(11)13-2;1-7-4-5-8(16-7)6-14(2)10(13)15(3)9(11)12;1-7-4-5-8(16-7)6-15(3)10(13-2)14-9(11)12;1-6-3-4-7(15-6)5-13-9(11)14-8(10)12-2;1-6-3-4-7(15-6)5-14(2)9(12)13-8(10)11;1-6-3-4-7(15-6)5-13-9(12)14(2)8(10)11;1-6-3-4-7(15-6)5-13-9(12-2)14-8(10)11;1-5-2-3-6(14-5)4-12-8(11)13-7(9)10/h2*4-5H,6H2,1-3H3,(H4,11,12,13,14);4-5,13H,6H2,1-3H3,(H3,11,12);4-5H,6H2,1-3H3,(H4,11,12,13,14);3-4H,5H2,1-2H3,(H5,10,11,12,13,14);3-4H,5H2,1-2H3,(H5,10,11,12,13);3-4H,5H2,1-2H3,(H3,10,11)(H2,12,13);3-4H,5H2,1-2H3,(H5,10,11,12,13,14);2-3H,4H2,1H3,(H6,9,10,11,12,13). The molecule has 9 rings (SSSR count). The average Bonchev–Trinajstić information content (AvgIpc) is 1.71. The van der Waals surface area contributed by atoms with Crippen LogP contribution in [0.5, 0.6) is 0 Å². The zero-order valence-electron chi connectivity index (χ0n) is 82.2. The van der Waals surface area contributed by atoms with Gasteiger partial charge in [-0.15, -0.1) is 90.7 Å². The van der Waals surface area contributed by atoms with Crippen molar-refractivity contribution in [3.05, 3.63) is 199 Å². The second-order valence-electron chi connectivity index (χ2n) is 29.0. The Morgan fingerprint density at radius 3 is 1.04 bits per heavy atom. The Morgan fingerprint density at radius 2 is 0.681 bits per heavy atom. The fraction of sp³-hybridized carbons (Fsp3) is 0.357. The number of nitrogens with zero attached hydrogens (tertiary/aromatic N) is 21. The smallest absolute Gasteiger partial charge is 0.223 e. The Labute approximate surface area is 840 Å². The van der Waals surface area contributed by atoms with E-state index in [-0.39, 0.29) is 83.4 Å². The molecule has 0 atom stereocenters. The monoisotopic (exact) mass is 2050 g/mol. The highest BCUT2D eigenvalue weighted by Gasteiger charge is 2.15. The SMILES string of the molecule is CN=C(N)N=C(N)N(C)Cc1ccc(C)s1.CN=C(N)NC(N)=NCc1ccc(C)s1.CN=C(N=C(N)N)N(C)Cc1ccc(C)s1.CN=C(N=C(N)N)NCc1ccc(C)s1.Cc1ccc(CN(C)C(=N)N(C)C(=N)N)s1.Cc1ccc(CN(C)C(=N)N=C(N)N)s1.Cc1ccc(CN=C(N)N(C)C(=N)N)s1.Cc1ccc(CN=C(N)N=C(N)N(C)C)o1.Cc1ccc(CN=C(N)N=C(N)N)s1. The van der Waals surface area contributed by atoms with Crippen LogP contribution in [0.1, 0.15) is 89.6 Å². The van der Waals surface area contributed by atoms with Crippen LogP contribution >= 0.6 is 90.7 Å². The molecule has 0 spiro atoms. The summed E-state index contributed by atoms with van der Waals surface area (Å²) >= 11 is 13.7. The van der Waals surface area contributed by atoms with E-state index < -0.39 is 0 Å². The van der Waals surface area contributed by atoms with E-state index in [4.69, 9.17) is 129 Å². The van der Waals surface area contributed by atoms with Crippen LogP contribution in [-0.4, -0.2) is 226 Å². The van der Waals surface area contributed by atoms with Crippen LogP contribution in [0.15, 0.2) is 184 Å². The van der Waals surface area contributed by atoms with Crippen LogP contribution in [0.2, 0.25) is 0 Å². The van der Waals surface area contributed by atoms with Crippen LogP contribution in [0.4, 0.5) is 0 Å². The predicted octanol–water partition coefficient (Wildman–Crippen LogP) is 5.37. The number of aliphatic imine (C=N–C) groups is 14. The van der Waals surface area contributed by atoms with Crippen molar-refractivity contribution in [2.45, 2.75) is 121 Å². The number of furan rings is 1. The predicted molar refractivity (Wildman–Crippen MR) is 590 cm³/mol. The molecule has 0 aromatic carbocycles. The van der Waals surface area contributed by atoms with Crippen molar-refractivity contribution in [3.8, 4) is 0 Å². The summed E-state index contributed by atoms with van der Waals surface area (Å²) in [6.45, 7) is 23.8.